The van der Waals surface area contributed by atoms with Gasteiger partial charge in [-0.25, -0.2) is 0 Å². The Hall–Kier alpha value is -1.59. The Kier molecular flexibility index (Phi) is 3.99. The van der Waals surface area contributed by atoms with E-state index in [1.165, 1.54) is 6.07 Å². The molecule has 0 aliphatic carbocycles. The molecule has 1 heterocycles. The van der Waals surface area contributed by atoms with Crippen LogP contribution in [0.25, 0.3) is 11.0 Å². The molecule has 1 N–H and O–H groups in total. The average Bonchev–Trinajstić information content (AvgIpc) is 2.95. The molecule has 0 saturated heterocycles. The van der Waals surface area contributed by atoms with E-state index in [4.69, 9.17) is 5.79 Å². The summed E-state index contributed by atoms with van der Waals surface area (Å²) in [7, 11) is 0. The lowest BCUT2D eigenvalue weighted by Gasteiger charge is -2.08. The topological polar surface area (TPSA) is 50.4 Å². The number of hydrogen-bond acceptors (Lipinski definition) is 3. The number of carbonyl (C=O) groups is 1. The lowest BCUT2D eigenvalue weighted by Crippen LogP contribution is -2.05. The molecule has 5 heteroatoms. The van der Waals surface area contributed by atoms with Crippen LogP contribution in [-0.2, 0) is 0 Å². The first kappa shape index (κ1) is 15.0. The number of carbonyl (C=O) groups excluding carboxylic acids is 1. The lowest BCUT2D eigenvalue weighted by atomic mass is 9.96. The Morgan fingerprint density at radius 3 is 2.65 bits per heavy atom. The van der Waals surface area contributed by atoms with Crippen molar-refractivity contribution in [3.63, 3.8) is 0 Å². The van der Waals surface area contributed by atoms with Gasteiger partial charge < -0.3 is 9.52 Å². The second kappa shape index (κ2) is 6.13. The summed E-state index contributed by atoms with van der Waals surface area (Å²) in [5.74, 6) is 0.225. The first-order chi connectivity index (χ1) is 11.3. The molecule has 0 aliphatic heterocycles. The standard InChI is InChI=1S/C18H14Br2O3/c1-9(2)18-15(11-5-3-4-6-14(11)23-18)16(21)10-7-12(19)17(22)13(20)8-10/h3-9,22H,1-2H3/i7D. The van der Waals surface area contributed by atoms with Crippen molar-refractivity contribution < 1.29 is 15.7 Å². The summed E-state index contributed by atoms with van der Waals surface area (Å²) in [5.41, 5.74) is 1.31. The predicted molar refractivity (Wildman–Crippen MR) is 97.2 cm³/mol. The van der Waals surface area contributed by atoms with E-state index in [2.05, 4.69) is 31.9 Å². The highest BCUT2D eigenvalue weighted by molar-refractivity contribution is 9.11. The van der Waals surface area contributed by atoms with Gasteiger partial charge in [-0.3, -0.25) is 4.79 Å². The number of furan rings is 1. The zero-order valence-corrected chi connectivity index (χ0v) is 15.7. The minimum absolute atomic E-state index is 0.0227. The summed E-state index contributed by atoms with van der Waals surface area (Å²) >= 11 is 6.39. The van der Waals surface area contributed by atoms with Gasteiger partial charge in [0.15, 0.2) is 5.78 Å². The quantitative estimate of drug-likeness (QED) is 0.508. The monoisotopic (exact) mass is 437 g/mol. The summed E-state index contributed by atoms with van der Waals surface area (Å²) in [6.45, 7) is 3.91. The van der Waals surface area contributed by atoms with E-state index in [0.717, 1.165) is 5.39 Å². The molecule has 0 amide bonds. The molecule has 0 saturated carbocycles. The van der Waals surface area contributed by atoms with Gasteiger partial charge in [0.1, 0.15) is 17.1 Å². The number of para-hydroxylation sites is 1. The Morgan fingerprint density at radius 1 is 1.26 bits per heavy atom. The van der Waals surface area contributed by atoms with Crippen molar-refractivity contribution in [3.05, 3.63) is 62.2 Å². The van der Waals surface area contributed by atoms with Crippen molar-refractivity contribution in [3.8, 4) is 5.75 Å². The van der Waals surface area contributed by atoms with Crippen molar-refractivity contribution in [2.75, 3.05) is 0 Å². The predicted octanol–water partition coefficient (Wildman–Crippen LogP) is 6.02. The third-order valence-electron chi connectivity index (χ3n) is 3.57. The van der Waals surface area contributed by atoms with Gasteiger partial charge in [0.25, 0.3) is 0 Å². The maximum Gasteiger partial charge on any atom is 0.197 e. The van der Waals surface area contributed by atoms with Crippen LogP contribution in [0.5, 0.6) is 5.75 Å². The summed E-state index contributed by atoms with van der Waals surface area (Å²) in [5, 5.41) is 10.6. The molecule has 3 rings (SSSR count). The fraction of sp³-hybridized carbons (Fsp3) is 0.167. The van der Waals surface area contributed by atoms with E-state index in [1.54, 1.807) is 0 Å². The first-order valence-electron chi connectivity index (χ1n) is 7.56. The van der Waals surface area contributed by atoms with Gasteiger partial charge in [0, 0.05) is 16.9 Å². The van der Waals surface area contributed by atoms with E-state index in [-0.39, 0.29) is 33.5 Å². The van der Waals surface area contributed by atoms with Crippen LogP contribution in [0, 0.1) is 0 Å². The van der Waals surface area contributed by atoms with Gasteiger partial charge in [-0.2, -0.15) is 0 Å². The highest BCUT2D eigenvalue weighted by Gasteiger charge is 2.24. The number of benzene rings is 2. The molecule has 0 bridgehead atoms. The van der Waals surface area contributed by atoms with Crippen molar-refractivity contribution in [2.45, 2.75) is 19.8 Å². The number of hydrogen-bond donors (Lipinski definition) is 1. The largest absolute Gasteiger partial charge is 0.506 e. The molecule has 23 heavy (non-hydrogen) atoms. The molecular formula is C18H14Br2O3. The van der Waals surface area contributed by atoms with Crippen molar-refractivity contribution >= 4 is 48.6 Å². The van der Waals surface area contributed by atoms with Gasteiger partial charge in [-0.1, -0.05) is 32.0 Å². The van der Waals surface area contributed by atoms with Gasteiger partial charge >= 0.3 is 0 Å². The number of aromatic hydroxyl groups is 1. The van der Waals surface area contributed by atoms with E-state index in [9.17, 15) is 9.90 Å². The van der Waals surface area contributed by atoms with Crippen LogP contribution >= 0.6 is 31.9 Å². The zero-order chi connectivity index (χ0) is 17.6. The highest BCUT2D eigenvalue weighted by atomic mass is 79.9. The highest BCUT2D eigenvalue weighted by Crippen LogP contribution is 2.37. The third-order valence-corrected chi connectivity index (χ3v) is 4.75. The average molecular weight is 439 g/mol. The maximum absolute atomic E-state index is 13.2. The maximum atomic E-state index is 13.2. The SMILES string of the molecule is [2H]c1c(C(=O)c2c(C(C)C)oc3ccccc23)cc(Br)c(O)c1Br. The molecular weight excluding hydrogens is 424 g/mol. The van der Waals surface area contributed by atoms with E-state index in [0.29, 0.717) is 21.4 Å². The van der Waals surface area contributed by atoms with E-state index >= 15 is 0 Å². The van der Waals surface area contributed by atoms with Crippen LogP contribution in [0.2, 0.25) is 0 Å². The molecule has 0 spiro atoms. The zero-order valence-electron chi connectivity index (χ0n) is 13.5. The van der Waals surface area contributed by atoms with Gasteiger partial charge in [0.05, 0.1) is 15.9 Å². The molecule has 1 aromatic heterocycles. The smallest absolute Gasteiger partial charge is 0.197 e. The second-order valence-corrected chi connectivity index (χ2v) is 7.16. The Morgan fingerprint density at radius 2 is 1.96 bits per heavy atom. The molecule has 0 atom stereocenters. The van der Waals surface area contributed by atoms with Crippen LogP contribution < -0.4 is 0 Å². The molecule has 118 valence electrons. The molecule has 0 unspecified atom stereocenters. The number of phenols is 1. The van der Waals surface area contributed by atoms with Crippen LogP contribution in [-0.4, -0.2) is 10.9 Å². The fourth-order valence-electron chi connectivity index (χ4n) is 2.48. The van der Waals surface area contributed by atoms with Gasteiger partial charge in [0.2, 0.25) is 0 Å². The number of rotatable bonds is 3. The van der Waals surface area contributed by atoms with Crippen LogP contribution in [0.15, 0.2) is 49.7 Å². The minimum atomic E-state index is -0.296. The van der Waals surface area contributed by atoms with E-state index < -0.39 is 0 Å². The molecule has 0 radical (unpaired) electrons. The summed E-state index contributed by atoms with van der Waals surface area (Å²) in [4.78, 5) is 13.2. The molecule has 3 aromatic rings. The molecule has 0 fully saturated rings. The van der Waals surface area contributed by atoms with Crippen LogP contribution in [0.1, 0.15) is 42.8 Å². The number of halogens is 2. The van der Waals surface area contributed by atoms with Crippen molar-refractivity contribution in [2.24, 2.45) is 0 Å². The second-order valence-electron chi connectivity index (χ2n) is 5.51. The molecule has 3 nitrogen and oxygen atoms in total. The van der Waals surface area contributed by atoms with Crippen molar-refractivity contribution in [1.82, 2.24) is 0 Å². The molecule has 2 aromatic carbocycles. The number of fused-ring (bicyclic) bond motifs is 1. The van der Waals surface area contributed by atoms with Crippen LogP contribution in [0.3, 0.4) is 0 Å². The Bertz CT molecular complexity index is 961. The third kappa shape index (κ3) is 2.83. The number of ketones is 1. The van der Waals surface area contributed by atoms with Crippen molar-refractivity contribution in [1.29, 1.82) is 0 Å². The lowest BCUT2D eigenvalue weighted by molar-refractivity contribution is 0.103. The Labute approximate surface area is 152 Å². The van der Waals surface area contributed by atoms with E-state index in [1.807, 2.05) is 38.1 Å². The minimum Gasteiger partial charge on any atom is -0.506 e. The van der Waals surface area contributed by atoms with Gasteiger partial charge in [-0.05, 0) is 50.0 Å². The first-order valence-corrected chi connectivity index (χ1v) is 8.65. The number of phenolic OH excluding ortho intramolecular Hbond substituents is 1. The Balaban J connectivity index is 2.29. The fourth-order valence-corrected chi connectivity index (χ4v) is 3.60. The van der Waals surface area contributed by atoms with Gasteiger partial charge in [-0.15, -0.1) is 0 Å². The summed E-state index contributed by atoms with van der Waals surface area (Å²) in [6, 6.07) is 8.78. The van der Waals surface area contributed by atoms with Crippen LogP contribution in [0.4, 0.5) is 0 Å². The summed E-state index contributed by atoms with van der Waals surface area (Å²) in [6.07, 6.45) is 0. The summed E-state index contributed by atoms with van der Waals surface area (Å²) < 4.78 is 14.6. The normalized spacial score (nSPS) is 12.0. The molecule has 0 aliphatic rings.